The minimum Gasteiger partial charge on any atom is -0.311 e. The van der Waals surface area contributed by atoms with Gasteiger partial charge >= 0.3 is 0 Å². The second kappa shape index (κ2) is 22.3. The van der Waals surface area contributed by atoms with Gasteiger partial charge in [-0.3, -0.25) is 0 Å². The van der Waals surface area contributed by atoms with E-state index in [2.05, 4.69) is 294 Å². The largest absolute Gasteiger partial charge is 0.311 e. The van der Waals surface area contributed by atoms with Crippen LogP contribution in [-0.2, 0) is 15.3 Å². The first-order chi connectivity index (χ1) is 38.9. The maximum Gasteiger partial charge on any atom is 0.206 e. The number of para-hydroxylation sites is 6. The lowest BCUT2D eigenvalue weighted by Crippen LogP contribution is -2.31. The standard InChI is InChI=1S/C73H55N3O2S/c77-79(78,71-34-20-7-21-35-71)72-54-38-57(39-55-72)56-36-40-58(41-37-56)73(59-42-48-68(49-43-59)74(62-22-8-1-9-23-62)63-24-10-2-11-25-63,60-44-50-69(51-45-60)75(64-26-12-3-13-27-64)65-28-14-4-15-29-65)61-46-52-70(53-47-61)76(66-30-16-5-17-31-66)67-32-18-6-19-33-67/h1-55H. The molecular weight excluding hydrogens is 983 g/mol. The Morgan fingerprint density at radius 1 is 0.203 bits per heavy atom. The van der Waals surface area contributed by atoms with Crippen molar-refractivity contribution in [3.63, 3.8) is 0 Å². The predicted octanol–water partition coefficient (Wildman–Crippen LogP) is 19.0. The van der Waals surface area contributed by atoms with Crippen molar-refractivity contribution in [1.29, 1.82) is 0 Å². The third-order valence-electron chi connectivity index (χ3n) is 14.6. The van der Waals surface area contributed by atoms with Gasteiger partial charge in [0, 0.05) is 51.2 Å². The van der Waals surface area contributed by atoms with Gasteiger partial charge in [-0.25, -0.2) is 8.42 Å². The number of hydrogen-bond donors (Lipinski definition) is 0. The monoisotopic (exact) mass is 1040 g/mol. The molecule has 0 fully saturated rings. The second-order valence-electron chi connectivity index (χ2n) is 19.3. The second-order valence-corrected chi connectivity index (χ2v) is 21.3. The minimum absolute atomic E-state index is 0.253. The van der Waals surface area contributed by atoms with Gasteiger partial charge in [-0.1, -0.05) is 200 Å². The van der Waals surface area contributed by atoms with Crippen molar-refractivity contribution in [2.45, 2.75) is 15.2 Å². The molecule has 6 heteroatoms. The number of anilines is 9. The number of rotatable bonds is 16. The molecule has 0 unspecified atom stereocenters. The van der Waals surface area contributed by atoms with Gasteiger partial charge in [-0.15, -0.1) is 0 Å². The van der Waals surface area contributed by atoms with Gasteiger partial charge in [0.15, 0.2) is 0 Å². The maximum absolute atomic E-state index is 13.6. The van der Waals surface area contributed by atoms with Crippen molar-refractivity contribution < 1.29 is 8.42 Å². The van der Waals surface area contributed by atoms with Crippen LogP contribution in [0.5, 0.6) is 0 Å². The highest BCUT2D eigenvalue weighted by Gasteiger charge is 2.39. The van der Waals surface area contributed by atoms with Crippen LogP contribution in [0.2, 0.25) is 0 Å². The van der Waals surface area contributed by atoms with Gasteiger partial charge in [0.1, 0.15) is 0 Å². The summed E-state index contributed by atoms with van der Waals surface area (Å²) in [6.07, 6.45) is 0. The molecule has 0 bridgehead atoms. The third kappa shape index (κ3) is 10.0. The number of sulfone groups is 1. The van der Waals surface area contributed by atoms with Crippen LogP contribution in [0.1, 0.15) is 22.3 Å². The van der Waals surface area contributed by atoms with E-state index in [0.29, 0.717) is 0 Å². The minimum atomic E-state index is -3.69. The molecule has 0 N–H and O–H groups in total. The summed E-state index contributed by atoms with van der Waals surface area (Å²) in [4.78, 5) is 7.41. The normalized spacial score (nSPS) is 11.4. The number of nitrogens with zero attached hydrogens (tertiary/aromatic N) is 3. The molecule has 12 aromatic carbocycles. The van der Waals surface area contributed by atoms with E-state index in [1.165, 1.54) is 0 Å². The Kier molecular flexibility index (Phi) is 14.1. The summed E-state index contributed by atoms with van der Waals surface area (Å²) in [5.74, 6) is 0. The Balaban J connectivity index is 1.05. The Hall–Kier alpha value is -10.0. The lowest BCUT2D eigenvalue weighted by Gasteiger charge is -2.38. The molecule has 0 aliphatic rings. The Morgan fingerprint density at radius 3 is 0.646 bits per heavy atom. The molecule has 0 saturated carbocycles. The first-order valence-corrected chi connectivity index (χ1v) is 28.0. The summed E-state index contributed by atoms with van der Waals surface area (Å²) in [5.41, 5.74) is 14.7. The molecule has 12 aromatic rings. The van der Waals surface area contributed by atoms with Crippen LogP contribution in [0.25, 0.3) is 11.1 Å². The zero-order chi connectivity index (χ0) is 53.4. The molecule has 0 aromatic heterocycles. The van der Waals surface area contributed by atoms with Crippen molar-refractivity contribution >= 4 is 61.0 Å². The third-order valence-corrected chi connectivity index (χ3v) is 16.4. The summed E-state index contributed by atoms with van der Waals surface area (Å²) in [6, 6.07) is 115. The van der Waals surface area contributed by atoms with Crippen LogP contribution < -0.4 is 14.7 Å². The van der Waals surface area contributed by atoms with Crippen molar-refractivity contribution in [3.8, 4) is 11.1 Å². The molecule has 0 radical (unpaired) electrons. The van der Waals surface area contributed by atoms with Crippen LogP contribution in [0.3, 0.4) is 0 Å². The van der Waals surface area contributed by atoms with Crippen LogP contribution in [-0.4, -0.2) is 8.42 Å². The highest BCUT2D eigenvalue weighted by Crippen LogP contribution is 2.49. The molecule has 0 aliphatic carbocycles. The smallest absolute Gasteiger partial charge is 0.206 e. The quantitative estimate of drug-likeness (QED) is 0.0903. The SMILES string of the molecule is O=S(=O)(c1ccccc1)c1ccc(-c2ccc(C(c3ccc(N(c4ccccc4)c4ccccc4)cc3)(c3ccc(N(c4ccccc4)c4ccccc4)cc3)c3ccc(N(c4ccccc4)c4ccccc4)cc3)cc2)cc1. The molecule has 0 aliphatic heterocycles. The topological polar surface area (TPSA) is 43.9 Å². The lowest BCUT2D eigenvalue weighted by molar-refractivity contribution is 0.596. The Morgan fingerprint density at radius 2 is 0.392 bits per heavy atom. The zero-order valence-electron chi connectivity index (χ0n) is 43.3. The first kappa shape index (κ1) is 49.8. The van der Waals surface area contributed by atoms with E-state index in [9.17, 15) is 8.42 Å². The highest BCUT2D eigenvalue weighted by molar-refractivity contribution is 7.91. The van der Waals surface area contributed by atoms with E-state index in [4.69, 9.17) is 0 Å². The molecule has 0 heterocycles. The number of benzene rings is 12. The summed E-state index contributed by atoms with van der Waals surface area (Å²) in [7, 11) is -3.69. The van der Waals surface area contributed by atoms with E-state index in [0.717, 1.165) is 84.6 Å². The molecule has 380 valence electrons. The fraction of sp³-hybridized carbons (Fsp3) is 0.0137. The molecule has 5 nitrogen and oxygen atoms in total. The van der Waals surface area contributed by atoms with Crippen molar-refractivity contribution in [2.24, 2.45) is 0 Å². The molecule has 79 heavy (non-hydrogen) atoms. The van der Waals surface area contributed by atoms with E-state index in [1.807, 2.05) is 18.2 Å². The maximum atomic E-state index is 13.6. The molecule has 0 atom stereocenters. The fourth-order valence-electron chi connectivity index (χ4n) is 10.9. The van der Waals surface area contributed by atoms with Crippen LogP contribution in [0.15, 0.2) is 343 Å². The van der Waals surface area contributed by atoms with E-state index >= 15 is 0 Å². The van der Waals surface area contributed by atoms with Gasteiger partial charge in [0.05, 0.1) is 15.2 Å². The van der Waals surface area contributed by atoms with Crippen LogP contribution >= 0.6 is 0 Å². The molecular formula is C73H55N3O2S. The van der Waals surface area contributed by atoms with Crippen molar-refractivity contribution in [2.75, 3.05) is 14.7 Å². The summed E-state index contributed by atoms with van der Waals surface area (Å²) in [6.45, 7) is 0. The van der Waals surface area contributed by atoms with Gasteiger partial charge in [-0.2, -0.15) is 0 Å². The van der Waals surface area contributed by atoms with Gasteiger partial charge in [0.25, 0.3) is 0 Å². The molecule has 0 saturated heterocycles. The summed E-state index contributed by atoms with van der Waals surface area (Å²) in [5, 5.41) is 0. The Labute approximate surface area is 463 Å². The van der Waals surface area contributed by atoms with Crippen molar-refractivity contribution in [3.05, 3.63) is 356 Å². The lowest BCUT2D eigenvalue weighted by atomic mass is 9.65. The van der Waals surface area contributed by atoms with E-state index in [1.54, 1.807) is 36.4 Å². The highest BCUT2D eigenvalue weighted by atomic mass is 32.2. The van der Waals surface area contributed by atoms with Crippen molar-refractivity contribution in [1.82, 2.24) is 0 Å². The average Bonchev–Trinajstić information content (AvgIpc) is 3.57. The Bertz CT molecular complexity index is 3580. The summed E-state index contributed by atoms with van der Waals surface area (Å²) < 4.78 is 27.3. The van der Waals surface area contributed by atoms with E-state index < -0.39 is 15.3 Å². The van der Waals surface area contributed by atoms with Crippen LogP contribution in [0, 0.1) is 0 Å². The van der Waals surface area contributed by atoms with Gasteiger partial charge in [0.2, 0.25) is 9.84 Å². The fourth-order valence-corrected chi connectivity index (χ4v) is 12.1. The first-order valence-electron chi connectivity index (χ1n) is 26.5. The van der Waals surface area contributed by atoms with Gasteiger partial charge < -0.3 is 14.7 Å². The summed E-state index contributed by atoms with van der Waals surface area (Å²) >= 11 is 0. The number of hydrogen-bond acceptors (Lipinski definition) is 5. The molecule has 0 spiro atoms. The predicted molar refractivity (Wildman–Crippen MR) is 326 cm³/mol. The zero-order valence-corrected chi connectivity index (χ0v) is 44.1. The average molecular weight is 1040 g/mol. The van der Waals surface area contributed by atoms with Gasteiger partial charge in [-0.05, 0) is 167 Å². The molecule has 12 rings (SSSR count). The molecule has 0 amide bonds. The van der Waals surface area contributed by atoms with E-state index in [-0.39, 0.29) is 9.79 Å². The van der Waals surface area contributed by atoms with Crippen LogP contribution in [0.4, 0.5) is 51.2 Å².